The van der Waals surface area contributed by atoms with Crippen LogP contribution < -0.4 is 5.32 Å². The Morgan fingerprint density at radius 2 is 1.93 bits per heavy atom. The zero-order valence-corrected chi connectivity index (χ0v) is 18.1. The van der Waals surface area contributed by atoms with Crippen LogP contribution in [0.4, 0.5) is 0 Å². The molecule has 1 amide bonds. The molecule has 3 heterocycles. The van der Waals surface area contributed by atoms with Crippen LogP contribution in [-0.2, 0) is 17.9 Å². The molecule has 0 spiro atoms. The summed E-state index contributed by atoms with van der Waals surface area (Å²) in [6.45, 7) is 8.11. The fraction of sp³-hybridized carbons (Fsp3) is 0.520. The van der Waals surface area contributed by atoms with Gasteiger partial charge in [-0.15, -0.1) is 0 Å². The molecular weight excluding hydrogens is 372 g/mol. The minimum absolute atomic E-state index is 0.112. The Bertz CT molecular complexity index is 817. The minimum atomic E-state index is 0.112. The number of aromatic nitrogens is 1. The van der Waals surface area contributed by atoms with E-state index >= 15 is 0 Å². The first-order valence-electron chi connectivity index (χ1n) is 11.4. The predicted molar refractivity (Wildman–Crippen MR) is 120 cm³/mol. The molecule has 0 unspecified atom stereocenters. The van der Waals surface area contributed by atoms with E-state index in [1.165, 1.54) is 24.0 Å². The number of rotatable bonds is 6. The van der Waals surface area contributed by atoms with Crippen LogP contribution in [0, 0.1) is 12.8 Å². The van der Waals surface area contributed by atoms with Gasteiger partial charge in [0.05, 0.1) is 5.92 Å². The van der Waals surface area contributed by atoms with E-state index in [1.54, 1.807) is 6.20 Å². The molecule has 2 aromatic rings. The number of pyridine rings is 1. The summed E-state index contributed by atoms with van der Waals surface area (Å²) in [6, 6.07) is 13.4. The molecule has 5 heteroatoms. The van der Waals surface area contributed by atoms with Crippen molar-refractivity contribution in [1.29, 1.82) is 0 Å². The summed E-state index contributed by atoms with van der Waals surface area (Å²) in [5.41, 5.74) is 3.81. The number of amides is 1. The number of nitrogens with one attached hydrogen (secondary N) is 1. The number of carbonyl (C=O) groups excluding carboxylic acids is 1. The number of hydrogen-bond acceptors (Lipinski definition) is 4. The number of nitrogens with zero attached hydrogens (tertiary/aromatic N) is 3. The number of hydrogen-bond donors (Lipinski definition) is 1. The first-order valence-corrected chi connectivity index (χ1v) is 11.4. The lowest BCUT2D eigenvalue weighted by Gasteiger charge is -2.42. The normalized spacial score (nSPS) is 21.4. The molecule has 2 aliphatic rings. The first kappa shape index (κ1) is 21.0. The van der Waals surface area contributed by atoms with Crippen molar-refractivity contribution in [2.24, 2.45) is 5.92 Å². The summed E-state index contributed by atoms with van der Waals surface area (Å²) >= 11 is 0. The second kappa shape index (κ2) is 10.2. The lowest BCUT2D eigenvalue weighted by atomic mass is 9.93. The van der Waals surface area contributed by atoms with Gasteiger partial charge in [-0.3, -0.25) is 19.6 Å². The van der Waals surface area contributed by atoms with Crippen LogP contribution in [0.15, 0.2) is 48.8 Å². The molecule has 1 aromatic heterocycles. The Balaban J connectivity index is 1.23. The molecule has 5 nitrogen and oxygen atoms in total. The van der Waals surface area contributed by atoms with Crippen molar-refractivity contribution in [3.63, 3.8) is 0 Å². The number of carbonyl (C=O) groups is 1. The molecule has 1 atom stereocenters. The van der Waals surface area contributed by atoms with E-state index in [0.29, 0.717) is 12.6 Å². The summed E-state index contributed by atoms with van der Waals surface area (Å²) < 4.78 is 0. The second-order valence-electron chi connectivity index (χ2n) is 8.91. The van der Waals surface area contributed by atoms with Gasteiger partial charge in [-0.05, 0) is 69.4 Å². The number of piperidine rings is 2. The maximum atomic E-state index is 12.7. The van der Waals surface area contributed by atoms with Crippen molar-refractivity contribution in [3.8, 4) is 0 Å². The van der Waals surface area contributed by atoms with Crippen LogP contribution in [-0.4, -0.2) is 52.9 Å². The van der Waals surface area contributed by atoms with Crippen molar-refractivity contribution >= 4 is 5.91 Å². The van der Waals surface area contributed by atoms with Gasteiger partial charge in [-0.25, -0.2) is 0 Å². The number of aryl methyl sites for hydroxylation is 1. The Hall–Kier alpha value is -2.24. The average Bonchev–Trinajstić information content (AvgIpc) is 2.79. The summed E-state index contributed by atoms with van der Waals surface area (Å²) in [5.74, 6) is 0.307. The summed E-state index contributed by atoms with van der Waals surface area (Å²) in [6.07, 6.45) is 8.11. The van der Waals surface area contributed by atoms with Gasteiger partial charge in [0.25, 0.3) is 0 Å². The first-order chi connectivity index (χ1) is 14.7. The standard InChI is InChI=1S/C25H34N4O/c1-20-5-2-6-21(15-20)18-28-13-9-24(10-14-28)29-12-4-8-23(19-29)25(30)27-17-22-7-3-11-26-16-22/h2-3,5-7,11,15-16,23-24H,4,8-10,12-14,17-19H2,1H3,(H,27,30)/t23-/m1/s1. The Morgan fingerprint density at radius 1 is 1.10 bits per heavy atom. The number of benzene rings is 1. The van der Waals surface area contributed by atoms with Gasteiger partial charge in [0, 0.05) is 38.1 Å². The van der Waals surface area contributed by atoms with Gasteiger partial charge >= 0.3 is 0 Å². The van der Waals surface area contributed by atoms with E-state index in [-0.39, 0.29) is 11.8 Å². The SMILES string of the molecule is Cc1cccc(CN2CCC(N3CCC[C@@H](C(=O)NCc4cccnc4)C3)CC2)c1. The summed E-state index contributed by atoms with van der Waals surface area (Å²) in [4.78, 5) is 22.0. The van der Waals surface area contributed by atoms with E-state index in [9.17, 15) is 4.79 Å². The van der Waals surface area contributed by atoms with Gasteiger partial charge in [-0.2, -0.15) is 0 Å². The van der Waals surface area contributed by atoms with Gasteiger partial charge in [-0.1, -0.05) is 35.9 Å². The molecule has 1 N–H and O–H groups in total. The van der Waals surface area contributed by atoms with Crippen molar-refractivity contribution in [2.75, 3.05) is 26.2 Å². The van der Waals surface area contributed by atoms with Gasteiger partial charge in [0.15, 0.2) is 0 Å². The van der Waals surface area contributed by atoms with Crippen molar-refractivity contribution in [2.45, 2.75) is 51.7 Å². The van der Waals surface area contributed by atoms with E-state index in [4.69, 9.17) is 0 Å². The van der Waals surface area contributed by atoms with Gasteiger partial charge in [0.1, 0.15) is 0 Å². The van der Waals surface area contributed by atoms with E-state index in [0.717, 1.165) is 51.1 Å². The topological polar surface area (TPSA) is 48.5 Å². The van der Waals surface area contributed by atoms with Crippen LogP contribution in [0.5, 0.6) is 0 Å². The molecule has 0 radical (unpaired) electrons. The van der Waals surface area contributed by atoms with Crippen LogP contribution in [0.25, 0.3) is 0 Å². The fourth-order valence-corrected chi connectivity index (χ4v) is 4.90. The van der Waals surface area contributed by atoms with Crippen molar-refractivity contribution in [1.82, 2.24) is 20.1 Å². The Labute approximate surface area is 180 Å². The maximum Gasteiger partial charge on any atom is 0.224 e. The molecule has 1 aromatic carbocycles. The van der Waals surface area contributed by atoms with E-state index in [1.807, 2.05) is 18.3 Å². The number of likely N-dealkylation sites (tertiary alicyclic amines) is 2. The second-order valence-corrected chi connectivity index (χ2v) is 8.91. The smallest absolute Gasteiger partial charge is 0.224 e. The zero-order chi connectivity index (χ0) is 20.8. The fourth-order valence-electron chi connectivity index (χ4n) is 4.90. The Morgan fingerprint density at radius 3 is 2.70 bits per heavy atom. The molecule has 4 rings (SSSR count). The molecule has 30 heavy (non-hydrogen) atoms. The molecule has 0 saturated carbocycles. The summed E-state index contributed by atoms with van der Waals surface area (Å²) in [5, 5.41) is 3.12. The quantitative estimate of drug-likeness (QED) is 0.799. The third-order valence-corrected chi connectivity index (χ3v) is 6.58. The zero-order valence-electron chi connectivity index (χ0n) is 18.1. The largest absolute Gasteiger partial charge is 0.352 e. The monoisotopic (exact) mass is 406 g/mol. The molecule has 160 valence electrons. The highest BCUT2D eigenvalue weighted by molar-refractivity contribution is 5.78. The Kier molecular flexibility index (Phi) is 7.13. The van der Waals surface area contributed by atoms with Gasteiger partial charge in [0.2, 0.25) is 5.91 Å². The molecule has 0 aliphatic carbocycles. The van der Waals surface area contributed by atoms with Crippen LogP contribution >= 0.6 is 0 Å². The van der Waals surface area contributed by atoms with Crippen LogP contribution in [0.1, 0.15) is 42.4 Å². The van der Waals surface area contributed by atoms with Crippen molar-refractivity contribution in [3.05, 3.63) is 65.5 Å². The lowest BCUT2D eigenvalue weighted by Crippen LogP contribution is -2.50. The molecule has 2 fully saturated rings. The molecule has 2 aliphatic heterocycles. The molecule has 2 saturated heterocycles. The third kappa shape index (κ3) is 5.67. The van der Waals surface area contributed by atoms with Crippen molar-refractivity contribution < 1.29 is 4.79 Å². The maximum absolute atomic E-state index is 12.7. The lowest BCUT2D eigenvalue weighted by molar-refractivity contribution is -0.127. The van der Waals surface area contributed by atoms with E-state index < -0.39 is 0 Å². The average molecular weight is 407 g/mol. The van der Waals surface area contributed by atoms with E-state index in [2.05, 4.69) is 51.3 Å². The highest BCUT2D eigenvalue weighted by Crippen LogP contribution is 2.25. The van der Waals surface area contributed by atoms with Crippen LogP contribution in [0.3, 0.4) is 0 Å². The molecule has 0 bridgehead atoms. The van der Waals surface area contributed by atoms with Gasteiger partial charge < -0.3 is 5.32 Å². The molecular formula is C25H34N4O. The van der Waals surface area contributed by atoms with Crippen LogP contribution in [0.2, 0.25) is 0 Å². The predicted octanol–water partition coefficient (Wildman–Crippen LogP) is 3.38. The summed E-state index contributed by atoms with van der Waals surface area (Å²) in [7, 11) is 0. The highest BCUT2D eigenvalue weighted by atomic mass is 16.1. The highest BCUT2D eigenvalue weighted by Gasteiger charge is 2.31. The minimum Gasteiger partial charge on any atom is -0.352 e. The third-order valence-electron chi connectivity index (χ3n) is 6.58.